The molecule has 0 aliphatic carbocycles. The summed E-state index contributed by atoms with van der Waals surface area (Å²) < 4.78 is 109. The Morgan fingerprint density at radius 1 is 0.585 bits per heavy atom. The van der Waals surface area contributed by atoms with Crippen LogP contribution in [0.15, 0.2) is 111 Å². The fraction of sp³-hybridized carbons (Fsp3) is 0.296. The lowest BCUT2D eigenvalue weighted by Gasteiger charge is -2.44. The van der Waals surface area contributed by atoms with E-state index in [1.54, 1.807) is 18.2 Å². The van der Waals surface area contributed by atoms with Crippen LogP contribution in [0.3, 0.4) is 0 Å². The summed E-state index contributed by atoms with van der Waals surface area (Å²) in [4.78, 5) is 83.4. The number of likely N-dealkylation sites (N-methyl/N-ethyl adjacent to an activating group) is 2. The van der Waals surface area contributed by atoms with Crippen LogP contribution in [0.2, 0.25) is 0 Å². The minimum absolute atomic E-state index is 0.0583. The summed E-state index contributed by atoms with van der Waals surface area (Å²) in [5, 5.41) is 40.2. The number of hydrogen-bond donors (Lipinski definition) is 8. The number of hydrogen-bond acceptors (Lipinski definition) is 12. The number of nitrogens with one attached hydrogen (secondary N) is 4. The van der Waals surface area contributed by atoms with Gasteiger partial charge in [-0.3, -0.25) is 29.0 Å². The van der Waals surface area contributed by atoms with E-state index in [2.05, 4.69) is 65.1 Å². The van der Waals surface area contributed by atoms with Gasteiger partial charge in [-0.25, -0.2) is 18.4 Å². The van der Waals surface area contributed by atoms with E-state index in [1.165, 1.54) is 6.07 Å². The Labute approximate surface area is 471 Å². The van der Waals surface area contributed by atoms with Crippen molar-refractivity contribution in [3.8, 4) is 11.1 Å². The second-order valence-corrected chi connectivity index (χ2v) is 20.4. The van der Waals surface area contributed by atoms with Gasteiger partial charge in [0.15, 0.2) is 0 Å². The molecule has 436 valence electrons. The topological polar surface area (TPSA) is 252 Å². The molecule has 0 unspecified atom stereocenters. The number of piperazine rings is 2. The van der Waals surface area contributed by atoms with Crippen LogP contribution in [0.1, 0.15) is 80.3 Å². The van der Waals surface area contributed by atoms with Crippen LogP contribution in [0.25, 0.3) is 11.1 Å². The molecule has 82 heavy (non-hydrogen) atoms. The van der Waals surface area contributed by atoms with E-state index in [0.717, 1.165) is 48.3 Å². The molecule has 0 bridgehead atoms. The summed E-state index contributed by atoms with van der Waals surface area (Å²) >= 11 is 3.35. The van der Waals surface area contributed by atoms with Gasteiger partial charge in [0.2, 0.25) is 11.1 Å². The Bertz CT molecular complexity index is 3470. The number of benzene rings is 4. The summed E-state index contributed by atoms with van der Waals surface area (Å²) in [5.41, 5.74) is -5.01. The summed E-state index contributed by atoms with van der Waals surface area (Å²) in [5.74, 6) is -6.16. The minimum Gasteiger partial charge on any atom is -0.478 e. The fourth-order valence-corrected chi connectivity index (χ4v) is 9.45. The van der Waals surface area contributed by atoms with Gasteiger partial charge in [-0.05, 0) is 114 Å². The van der Waals surface area contributed by atoms with E-state index in [0.29, 0.717) is 60.4 Å². The van der Waals surface area contributed by atoms with Crippen molar-refractivity contribution in [1.29, 1.82) is 0 Å². The number of anilines is 4. The third-order valence-corrected chi connectivity index (χ3v) is 14.3. The van der Waals surface area contributed by atoms with Crippen LogP contribution in [0.5, 0.6) is 0 Å². The number of H-pyrrole nitrogens is 2. The summed E-state index contributed by atoms with van der Waals surface area (Å²) in [7, 11) is 2.02. The number of nitrogens with zero attached hydrogens (tertiary/aromatic N) is 4. The summed E-state index contributed by atoms with van der Waals surface area (Å²) in [6, 6.07) is 17.3. The molecule has 2 aliphatic heterocycles. The predicted molar refractivity (Wildman–Crippen MR) is 294 cm³/mol. The number of aromatic amines is 2. The molecule has 18 nitrogen and oxygen atoms in total. The van der Waals surface area contributed by atoms with Crippen molar-refractivity contribution in [1.82, 2.24) is 19.8 Å². The smallest absolute Gasteiger partial charge is 0.478 e. The molecule has 0 spiro atoms. The van der Waals surface area contributed by atoms with E-state index in [1.807, 2.05) is 45.0 Å². The Hall–Kier alpha value is -7.92. The van der Waals surface area contributed by atoms with Gasteiger partial charge in [-0.2, -0.15) is 26.3 Å². The highest BCUT2D eigenvalue weighted by Gasteiger charge is 2.38. The van der Waals surface area contributed by atoms with Crippen LogP contribution >= 0.6 is 15.9 Å². The molecule has 4 heterocycles. The molecule has 28 heteroatoms. The summed E-state index contributed by atoms with van der Waals surface area (Å²) in [6.45, 7) is 10.7. The first-order valence-corrected chi connectivity index (χ1v) is 25.6. The molecule has 0 saturated carbocycles. The number of carboxylic acids is 2. The zero-order valence-corrected chi connectivity index (χ0v) is 46.0. The minimum atomic E-state index is -4.96. The predicted octanol–water partition coefficient (Wildman–Crippen LogP) is 7.82. The lowest BCUT2D eigenvalue weighted by molar-refractivity contribution is -0.138. The fourth-order valence-electron chi connectivity index (χ4n) is 9.09. The van der Waals surface area contributed by atoms with Crippen molar-refractivity contribution in [3.05, 3.63) is 168 Å². The molecule has 4 atom stereocenters. The second kappa shape index (κ2) is 25.9. The van der Waals surface area contributed by atoms with Gasteiger partial charge in [0.05, 0.1) is 56.1 Å². The van der Waals surface area contributed by atoms with Gasteiger partial charge in [0, 0.05) is 90.4 Å². The highest BCUT2D eigenvalue weighted by Crippen LogP contribution is 2.38. The van der Waals surface area contributed by atoms with Crippen molar-refractivity contribution in [2.45, 2.75) is 64.2 Å². The molecule has 8 rings (SSSR count). The van der Waals surface area contributed by atoms with Gasteiger partial charge < -0.3 is 50.7 Å². The van der Waals surface area contributed by atoms with Crippen molar-refractivity contribution in [2.24, 2.45) is 0 Å². The summed E-state index contributed by atoms with van der Waals surface area (Å²) in [6.07, 6.45) is -8.31. The molecule has 2 fully saturated rings. The maximum Gasteiger partial charge on any atom is 0.491 e. The van der Waals surface area contributed by atoms with Gasteiger partial charge in [0.25, 0.3) is 11.8 Å². The first kappa shape index (κ1) is 63.3. The number of aromatic nitrogens is 2. The molecule has 4 aromatic carbocycles. The van der Waals surface area contributed by atoms with Crippen LogP contribution < -0.4 is 37.0 Å². The van der Waals surface area contributed by atoms with Crippen molar-refractivity contribution < 1.29 is 74.6 Å². The standard InChI is InChI=1S/C27H26F4N4O4.C20H22BrF3N4O2.C7H6BFO4/c1-14-12-35(13-15(2)34(14)3)23-7-5-16(18-8-17(26(38)39)4-6-21(18)28)9-22(23)33-25(37)19-11-32-24(36)10-20(19)27(29,30)31;1-11-9-28(10-12(2)27(11)3)17-5-4-13(21)6-16(17)26-19(30)14-8-25-18(29)7-15(14)20(22,23)24;9-6-2-1-4(7(10)11)3-5(6)8(12)13/h4-11,14-15H,12-13H2,1-3H3,(H,32,36)(H,33,37)(H,38,39);4-8,11-12H,9-10H2,1-3H3,(H,25,29)(H,26,30);1-3,12-13H,(H,10,11)/t14-,15+;11-,12+;. The molecule has 6 aromatic rings. The van der Waals surface area contributed by atoms with E-state index in [9.17, 15) is 69.0 Å². The molecule has 2 saturated heterocycles. The number of carboxylic acid groups (broad SMARTS) is 2. The quantitative estimate of drug-likeness (QED) is 0.0481. The maximum atomic E-state index is 14.7. The third kappa shape index (κ3) is 15.3. The highest BCUT2D eigenvalue weighted by atomic mass is 79.9. The maximum absolute atomic E-state index is 14.7. The Morgan fingerprint density at radius 3 is 1.40 bits per heavy atom. The van der Waals surface area contributed by atoms with E-state index in [4.69, 9.17) is 15.2 Å². The number of halogens is 9. The van der Waals surface area contributed by atoms with Gasteiger partial charge >= 0.3 is 31.4 Å². The van der Waals surface area contributed by atoms with E-state index in [-0.39, 0.29) is 52.1 Å². The second-order valence-electron chi connectivity index (χ2n) is 19.5. The Balaban J connectivity index is 0.000000221. The number of carbonyl (C=O) groups is 4. The molecular weight excluding hydrogens is 1160 g/mol. The molecule has 2 aromatic heterocycles. The monoisotopic (exact) mass is 1220 g/mol. The van der Waals surface area contributed by atoms with Gasteiger partial charge in [-0.15, -0.1) is 0 Å². The Kier molecular flexibility index (Phi) is 20.0. The number of pyridine rings is 2. The lowest BCUT2D eigenvalue weighted by Crippen LogP contribution is -2.55. The normalized spacial score (nSPS) is 17.6. The van der Waals surface area contributed by atoms with E-state index < -0.39 is 93.7 Å². The number of alkyl halides is 6. The molecular formula is C54H54BBrF8N8O10. The average Bonchev–Trinajstić information content (AvgIpc) is 2.81. The number of rotatable bonds is 10. The van der Waals surface area contributed by atoms with Crippen molar-refractivity contribution in [2.75, 3.05) is 60.7 Å². The highest BCUT2D eigenvalue weighted by molar-refractivity contribution is 9.10. The molecule has 2 aliphatic rings. The third-order valence-electron chi connectivity index (χ3n) is 13.8. The SMILES string of the molecule is C[C@@H]1CN(c2ccc(-c3cc(C(=O)O)ccc3F)cc2NC(=O)c2c[nH]c(=O)cc2C(F)(F)F)C[C@H](C)N1C.C[C@@H]1CN(c2ccc(Br)cc2NC(=O)c2c[nH]c(=O)cc2C(F)(F)F)C[C@H](C)N1C.O=C(O)c1ccc(F)c(B(O)O)c1. The first-order chi connectivity index (χ1) is 38.2. The zero-order valence-electron chi connectivity index (χ0n) is 44.4. The van der Waals surface area contributed by atoms with Gasteiger partial charge in [-0.1, -0.05) is 22.0 Å². The first-order valence-electron chi connectivity index (χ1n) is 24.8. The van der Waals surface area contributed by atoms with Crippen LogP contribution in [0, 0.1) is 11.6 Å². The zero-order chi connectivity index (χ0) is 60.9. The van der Waals surface area contributed by atoms with Gasteiger partial charge in [0.1, 0.15) is 11.6 Å². The van der Waals surface area contributed by atoms with Crippen LogP contribution in [-0.4, -0.2) is 135 Å². The average molecular weight is 1220 g/mol. The van der Waals surface area contributed by atoms with Crippen LogP contribution in [0.4, 0.5) is 57.9 Å². The van der Waals surface area contributed by atoms with Crippen molar-refractivity contribution in [3.63, 3.8) is 0 Å². The van der Waals surface area contributed by atoms with Crippen LogP contribution in [-0.2, 0) is 12.4 Å². The number of amides is 2. The van der Waals surface area contributed by atoms with E-state index >= 15 is 0 Å². The lowest BCUT2D eigenvalue weighted by atomic mass is 9.79. The number of carbonyl (C=O) groups excluding carboxylic acids is 2. The molecule has 2 amide bonds. The molecule has 8 N–H and O–H groups in total. The number of aromatic carboxylic acids is 2. The Morgan fingerprint density at radius 2 is 0.988 bits per heavy atom. The largest absolute Gasteiger partial charge is 0.491 e. The molecule has 0 radical (unpaired) electrons. The van der Waals surface area contributed by atoms with Crippen molar-refractivity contribution >= 4 is 75.0 Å².